The van der Waals surface area contributed by atoms with Gasteiger partial charge in [-0.2, -0.15) is 0 Å². The first kappa shape index (κ1) is 28.7. The van der Waals surface area contributed by atoms with Crippen LogP contribution in [-0.2, 0) is 22.5 Å². The predicted molar refractivity (Wildman–Crippen MR) is 149 cm³/mol. The lowest BCUT2D eigenvalue weighted by Gasteiger charge is -2.55. The number of ether oxygens (including phenoxy) is 4. The van der Waals surface area contributed by atoms with Crippen LogP contribution in [0.15, 0.2) is 12.1 Å². The first-order valence-electron chi connectivity index (χ1n) is 13.4. The molecule has 0 saturated heterocycles. The molecule has 0 unspecified atom stereocenters. The van der Waals surface area contributed by atoms with E-state index in [1.165, 1.54) is 5.56 Å². The van der Waals surface area contributed by atoms with Crippen molar-refractivity contribution < 1.29 is 24.1 Å². The molecule has 7 heteroatoms. The van der Waals surface area contributed by atoms with Gasteiger partial charge in [-0.05, 0) is 55.3 Å². The van der Waals surface area contributed by atoms with Crippen molar-refractivity contribution in [3.8, 4) is 11.5 Å². The molecule has 1 aliphatic heterocycles. The monoisotopic (exact) mass is 522 g/mol. The van der Waals surface area contributed by atoms with Gasteiger partial charge in [0, 0.05) is 35.3 Å². The van der Waals surface area contributed by atoms with Gasteiger partial charge < -0.3 is 24.1 Å². The Morgan fingerprint density at radius 1 is 0.971 bits per heavy atom. The Kier molecular flexibility index (Phi) is 8.90. The van der Waals surface area contributed by atoms with Gasteiger partial charge in [0.15, 0.2) is 6.79 Å². The van der Waals surface area contributed by atoms with E-state index < -0.39 is 16.1 Å². The van der Waals surface area contributed by atoms with E-state index in [4.69, 9.17) is 18.9 Å². The molecule has 1 N–H and O–H groups in total. The first-order chi connectivity index (χ1) is 16.1. The summed E-state index contributed by atoms with van der Waals surface area (Å²) in [5.74, 6) is 1.97. The highest BCUT2D eigenvalue weighted by molar-refractivity contribution is 6.76. The number of fused-ring (bicyclic) bond motifs is 2. The molecule has 0 amide bonds. The van der Waals surface area contributed by atoms with Crippen LogP contribution >= 0.6 is 0 Å². The highest BCUT2D eigenvalue weighted by Gasteiger charge is 2.54. The quantitative estimate of drug-likeness (QED) is 0.198. The van der Waals surface area contributed by atoms with Gasteiger partial charge in [0.25, 0.3) is 0 Å². The fourth-order valence-electron chi connectivity index (χ4n) is 5.36. The Morgan fingerprint density at radius 2 is 1.60 bits per heavy atom. The molecule has 3 rings (SSSR count). The topological polar surface area (TPSA) is 57.2 Å². The van der Waals surface area contributed by atoms with Gasteiger partial charge in [0.2, 0.25) is 0 Å². The van der Waals surface area contributed by atoms with Gasteiger partial charge in [-0.15, -0.1) is 0 Å². The summed E-state index contributed by atoms with van der Waals surface area (Å²) in [5, 5.41) is 10.7. The van der Waals surface area contributed by atoms with E-state index in [1.807, 2.05) is 0 Å². The number of benzene rings is 1. The van der Waals surface area contributed by atoms with Crippen molar-refractivity contribution in [3.05, 3.63) is 23.3 Å². The normalized spacial score (nSPS) is 26.0. The number of hydrogen-bond acceptors (Lipinski definition) is 5. The van der Waals surface area contributed by atoms with Crippen molar-refractivity contribution in [3.63, 3.8) is 0 Å². The molecule has 1 aromatic carbocycles. The summed E-state index contributed by atoms with van der Waals surface area (Å²) in [4.78, 5) is 0. The fourth-order valence-corrected chi connectivity index (χ4v) is 6.87. The van der Waals surface area contributed by atoms with Gasteiger partial charge in [0.1, 0.15) is 17.1 Å². The van der Waals surface area contributed by atoms with Crippen LogP contribution in [-0.4, -0.2) is 53.0 Å². The SMILES string of the molecule is CC1(C)[C@H](O)CC[C@@]2(C)Oc3c(ccc(OCOCC[Si](C)(C)C)c3COCC[Si](C)(C)C)C[C@H]12. The molecule has 1 heterocycles. The third-order valence-corrected chi connectivity index (χ3v) is 11.4. The minimum atomic E-state index is -1.17. The van der Waals surface area contributed by atoms with Crippen LogP contribution in [0.3, 0.4) is 0 Å². The van der Waals surface area contributed by atoms with E-state index in [0.717, 1.165) is 61.6 Å². The predicted octanol–water partition coefficient (Wildman–Crippen LogP) is 6.72. The Balaban J connectivity index is 1.81. The second-order valence-corrected chi connectivity index (χ2v) is 25.2. The van der Waals surface area contributed by atoms with Crippen molar-refractivity contribution in [1.29, 1.82) is 0 Å². The molecule has 3 atom stereocenters. The van der Waals surface area contributed by atoms with Crippen LogP contribution in [0.25, 0.3) is 0 Å². The highest BCUT2D eigenvalue weighted by Crippen LogP contribution is 2.54. The van der Waals surface area contributed by atoms with E-state index in [-0.39, 0.29) is 29.8 Å². The molecule has 1 aliphatic carbocycles. The Morgan fingerprint density at radius 3 is 2.23 bits per heavy atom. The number of hydrogen-bond donors (Lipinski definition) is 1. The minimum absolute atomic E-state index is 0.196. The smallest absolute Gasteiger partial charge is 0.189 e. The molecule has 200 valence electrons. The van der Waals surface area contributed by atoms with Gasteiger partial charge in [-0.1, -0.05) is 59.2 Å². The summed E-state index contributed by atoms with van der Waals surface area (Å²) in [6.45, 7) is 23.0. The molecular formula is C28H50O5Si2. The van der Waals surface area contributed by atoms with Gasteiger partial charge in [-0.3, -0.25) is 0 Å². The Bertz CT molecular complexity index is 858. The van der Waals surface area contributed by atoms with E-state index >= 15 is 0 Å². The summed E-state index contributed by atoms with van der Waals surface area (Å²) >= 11 is 0. The Hall–Kier alpha value is -0.866. The molecule has 1 fully saturated rings. The lowest BCUT2D eigenvalue weighted by atomic mass is 9.57. The van der Waals surface area contributed by atoms with Gasteiger partial charge in [0.05, 0.1) is 18.3 Å². The largest absolute Gasteiger partial charge is 0.486 e. The molecule has 0 spiro atoms. The maximum atomic E-state index is 10.7. The lowest BCUT2D eigenvalue weighted by molar-refractivity contribution is -0.138. The van der Waals surface area contributed by atoms with Crippen LogP contribution in [0.4, 0.5) is 0 Å². The van der Waals surface area contributed by atoms with Crippen molar-refractivity contribution in [2.45, 2.75) is 110 Å². The third-order valence-electron chi connectivity index (χ3n) is 8.00. The fraction of sp³-hybridized carbons (Fsp3) is 0.786. The zero-order chi connectivity index (χ0) is 26.1. The number of aliphatic hydroxyl groups is 1. The summed E-state index contributed by atoms with van der Waals surface area (Å²) in [6.07, 6.45) is 2.21. The molecular weight excluding hydrogens is 472 g/mol. The molecule has 0 aromatic heterocycles. The zero-order valence-electron chi connectivity index (χ0n) is 23.8. The van der Waals surface area contributed by atoms with Crippen LogP contribution in [0.2, 0.25) is 51.4 Å². The van der Waals surface area contributed by atoms with E-state index in [9.17, 15) is 5.11 Å². The first-order valence-corrected chi connectivity index (χ1v) is 20.8. The van der Waals surface area contributed by atoms with E-state index in [2.05, 4.69) is 72.2 Å². The average molecular weight is 523 g/mol. The van der Waals surface area contributed by atoms with Gasteiger partial charge >= 0.3 is 0 Å². The minimum Gasteiger partial charge on any atom is -0.486 e. The molecule has 1 aromatic rings. The molecule has 35 heavy (non-hydrogen) atoms. The molecule has 2 aliphatic rings. The summed E-state index contributed by atoms with van der Waals surface area (Å²) in [6, 6.07) is 6.44. The third kappa shape index (κ3) is 7.34. The van der Waals surface area contributed by atoms with E-state index in [1.54, 1.807) is 0 Å². The van der Waals surface area contributed by atoms with E-state index in [0.29, 0.717) is 6.61 Å². The number of aliphatic hydroxyl groups excluding tert-OH is 1. The van der Waals surface area contributed by atoms with Crippen LogP contribution in [0.1, 0.15) is 44.7 Å². The standard InChI is InChI=1S/C28H50O5Si2/c1-27(2)24-18-21-10-11-23(32-20-31-15-17-35(7,8)9)22(19-30-14-16-34(4,5)6)26(21)33-28(24,3)13-12-25(27)29/h10-11,24-25,29H,12-20H2,1-9H3/t24-,25-,28-/m1/s1. The highest BCUT2D eigenvalue weighted by atomic mass is 28.3. The Labute approximate surface area is 215 Å². The summed E-state index contributed by atoms with van der Waals surface area (Å²) < 4.78 is 25.0. The molecule has 0 bridgehead atoms. The molecule has 5 nitrogen and oxygen atoms in total. The van der Waals surface area contributed by atoms with Crippen molar-refractivity contribution in [1.82, 2.24) is 0 Å². The maximum absolute atomic E-state index is 10.7. The van der Waals surface area contributed by atoms with Crippen molar-refractivity contribution >= 4 is 16.1 Å². The molecule has 1 saturated carbocycles. The lowest BCUT2D eigenvalue weighted by Crippen LogP contribution is -2.58. The second kappa shape index (κ2) is 10.9. The second-order valence-electron chi connectivity index (χ2n) is 13.9. The van der Waals surface area contributed by atoms with Crippen LogP contribution in [0, 0.1) is 11.3 Å². The maximum Gasteiger partial charge on any atom is 0.189 e. The average Bonchev–Trinajstić information content (AvgIpc) is 2.72. The number of rotatable bonds is 11. The van der Waals surface area contributed by atoms with Crippen LogP contribution in [0.5, 0.6) is 11.5 Å². The van der Waals surface area contributed by atoms with Crippen LogP contribution < -0.4 is 9.47 Å². The van der Waals surface area contributed by atoms with Gasteiger partial charge in [-0.25, -0.2) is 0 Å². The summed E-state index contributed by atoms with van der Waals surface area (Å²) in [7, 11) is -2.30. The molecule has 0 radical (unpaired) electrons. The van der Waals surface area contributed by atoms with Crippen molar-refractivity contribution in [2.75, 3.05) is 20.0 Å². The summed E-state index contributed by atoms with van der Waals surface area (Å²) in [5.41, 5.74) is 1.67. The van der Waals surface area contributed by atoms with Crippen molar-refractivity contribution in [2.24, 2.45) is 11.3 Å². The zero-order valence-corrected chi connectivity index (χ0v) is 25.8.